The number of benzene rings is 2. The first-order valence-electron chi connectivity index (χ1n) is 6.90. The maximum absolute atomic E-state index is 6.20. The van der Waals surface area contributed by atoms with Crippen molar-refractivity contribution in [3.63, 3.8) is 0 Å². The molecule has 2 aromatic carbocycles. The highest BCUT2D eigenvalue weighted by Crippen LogP contribution is 2.27. The lowest BCUT2D eigenvalue weighted by atomic mass is 10.2. The summed E-state index contributed by atoms with van der Waals surface area (Å²) in [6, 6.07) is 15.8. The Balaban J connectivity index is 1.80. The Morgan fingerprint density at radius 1 is 1.05 bits per heavy atom. The van der Waals surface area contributed by atoms with E-state index in [0.29, 0.717) is 16.6 Å². The smallest absolute Gasteiger partial charge is 0.203 e. The Hall–Kier alpha value is -1.97. The predicted octanol–water partition coefficient (Wildman–Crippen LogP) is 5.01. The number of nitrogens with zero attached hydrogens (tertiary/aromatic N) is 2. The third-order valence-electron chi connectivity index (χ3n) is 3.53. The molecule has 0 aliphatic rings. The van der Waals surface area contributed by atoms with E-state index in [9.17, 15) is 0 Å². The largest absolute Gasteiger partial charge is 0.352 e. The summed E-state index contributed by atoms with van der Waals surface area (Å²) in [5, 5.41) is 4.44. The molecule has 0 saturated heterocycles. The number of rotatable bonds is 4. The van der Waals surface area contributed by atoms with Crippen LogP contribution in [0.25, 0.3) is 11.3 Å². The summed E-state index contributed by atoms with van der Waals surface area (Å²) in [7, 11) is 1.98. The highest BCUT2D eigenvalue weighted by Gasteiger charge is 2.09. The van der Waals surface area contributed by atoms with Gasteiger partial charge in [0.2, 0.25) is 5.95 Å². The summed E-state index contributed by atoms with van der Waals surface area (Å²) in [5.74, 6) is 0.787. The molecule has 0 saturated carbocycles. The molecular formula is C17H15Cl2N3. The first-order chi connectivity index (χ1) is 10.7. The molecule has 22 heavy (non-hydrogen) atoms. The number of hydrogen-bond donors (Lipinski definition) is 1. The fraction of sp³-hybridized carbons (Fsp3) is 0.118. The van der Waals surface area contributed by atoms with E-state index in [4.69, 9.17) is 23.2 Å². The molecule has 3 rings (SSSR count). The lowest BCUT2D eigenvalue weighted by molar-refractivity contribution is 0.907. The van der Waals surface area contributed by atoms with Gasteiger partial charge < -0.3 is 9.88 Å². The molecule has 0 radical (unpaired) electrons. The van der Waals surface area contributed by atoms with E-state index < -0.39 is 0 Å². The summed E-state index contributed by atoms with van der Waals surface area (Å²) in [6.07, 6.45) is 1.86. The van der Waals surface area contributed by atoms with Crippen molar-refractivity contribution in [1.29, 1.82) is 0 Å². The molecule has 0 amide bonds. The van der Waals surface area contributed by atoms with Crippen LogP contribution >= 0.6 is 23.2 Å². The molecule has 0 fully saturated rings. The van der Waals surface area contributed by atoms with Crippen LogP contribution in [0.4, 0.5) is 5.95 Å². The molecule has 3 nitrogen and oxygen atoms in total. The second-order valence-electron chi connectivity index (χ2n) is 4.96. The Morgan fingerprint density at radius 2 is 1.82 bits per heavy atom. The predicted molar refractivity (Wildman–Crippen MR) is 92.4 cm³/mol. The molecule has 0 unspecified atom stereocenters. The molecule has 112 valence electrons. The van der Waals surface area contributed by atoms with Gasteiger partial charge in [-0.3, -0.25) is 0 Å². The van der Waals surface area contributed by atoms with Crippen LogP contribution in [0, 0.1) is 0 Å². The van der Waals surface area contributed by atoms with Crippen molar-refractivity contribution in [2.75, 3.05) is 5.32 Å². The normalized spacial score (nSPS) is 10.7. The van der Waals surface area contributed by atoms with Crippen LogP contribution in [0.5, 0.6) is 0 Å². The van der Waals surface area contributed by atoms with Crippen LogP contribution in [0.15, 0.2) is 54.7 Å². The van der Waals surface area contributed by atoms with Crippen molar-refractivity contribution in [1.82, 2.24) is 9.55 Å². The van der Waals surface area contributed by atoms with E-state index >= 15 is 0 Å². The quantitative estimate of drug-likeness (QED) is 0.728. The highest BCUT2D eigenvalue weighted by molar-refractivity contribution is 6.42. The Labute approximate surface area is 139 Å². The zero-order chi connectivity index (χ0) is 15.5. The van der Waals surface area contributed by atoms with Gasteiger partial charge in [0.05, 0.1) is 21.9 Å². The molecule has 1 N–H and O–H groups in total. The van der Waals surface area contributed by atoms with E-state index in [1.807, 2.05) is 48.1 Å². The summed E-state index contributed by atoms with van der Waals surface area (Å²) in [5.41, 5.74) is 3.13. The maximum atomic E-state index is 6.20. The fourth-order valence-corrected chi connectivity index (χ4v) is 2.70. The minimum Gasteiger partial charge on any atom is -0.352 e. The summed E-state index contributed by atoms with van der Waals surface area (Å²) in [6.45, 7) is 0.568. The number of nitrogens with one attached hydrogen (secondary N) is 1. The second kappa shape index (κ2) is 6.42. The molecule has 0 aliphatic heterocycles. The van der Waals surface area contributed by atoms with Gasteiger partial charge in [0.15, 0.2) is 0 Å². The van der Waals surface area contributed by atoms with Gasteiger partial charge in [-0.2, -0.15) is 0 Å². The molecule has 0 bridgehead atoms. The van der Waals surface area contributed by atoms with Crippen LogP contribution in [0.1, 0.15) is 5.56 Å². The van der Waals surface area contributed by atoms with E-state index in [1.165, 1.54) is 0 Å². The zero-order valence-corrected chi connectivity index (χ0v) is 13.6. The van der Waals surface area contributed by atoms with Gasteiger partial charge in [0, 0.05) is 13.6 Å². The Bertz CT molecular complexity index is 782. The van der Waals surface area contributed by atoms with Gasteiger partial charge in [-0.15, -0.1) is 0 Å². The molecule has 0 atom stereocenters. The number of aromatic nitrogens is 2. The van der Waals surface area contributed by atoms with E-state index in [2.05, 4.69) is 22.4 Å². The Morgan fingerprint density at radius 3 is 2.59 bits per heavy atom. The van der Waals surface area contributed by atoms with Crippen molar-refractivity contribution < 1.29 is 0 Å². The van der Waals surface area contributed by atoms with Crippen molar-refractivity contribution in [2.45, 2.75) is 6.54 Å². The summed E-state index contributed by atoms with van der Waals surface area (Å²) >= 11 is 12.2. The fourth-order valence-electron chi connectivity index (χ4n) is 2.31. The molecule has 1 heterocycles. The van der Waals surface area contributed by atoms with E-state index in [0.717, 1.165) is 22.8 Å². The lowest BCUT2D eigenvalue weighted by Crippen LogP contribution is -2.06. The third kappa shape index (κ3) is 2.96. The molecule has 0 spiro atoms. The van der Waals surface area contributed by atoms with Crippen LogP contribution in [-0.4, -0.2) is 9.55 Å². The van der Waals surface area contributed by atoms with Gasteiger partial charge in [-0.25, -0.2) is 4.98 Å². The van der Waals surface area contributed by atoms with Crippen LogP contribution in [-0.2, 0) is 13.6 Å². The number of hydrogen-bond acceptors (Lipinski definition) is 2. The van der Waals surface area contributed by atoms with Gasteiger partial charge in [-0.05, 0) is 17.2 Å². The minimum atomic E-state index is 0.561. The number of halogens is 2. The first-order valence-corrected chi connectivity index (χ1v) is 7.66. The maximum Gasteiger partial charge on any atom is 0.203 e. The monoisotopic (exact) mass is 331 g/mol. The number of imidazole rings is 1. The molecule has 0 aliphatic carbocycles. The van der Waals surface area contributed by atoms with E-state index in [-0.39, 0.29) is 0 Å². The van der Waals surface area contributed by atoms with Gasteiger partial charge in [0.25, 0.3) is 0 Å². The van der Waals surface area contributed by atoms with Crippen LogP contribution < -0.4 is 5.32 Å². The van der Waals surface area contributed by atoms with Gasteiger partial charge >= 0.3 is 0 Å². The SMILES string of the molecule is Cn1c(-c2ccccc2)cnc1NCc1cccc(Cl)c1Cl. The molecule has 5 heteroatoms. The lowest BCUT2D eigenvalue weighted by Gasteiger charge is -2.10. The van der Waals surface area contributed by atoms with Crippen molar-refractivity contribution in [3.8, 4) is 11.3 Å². The average molecular weight is 332 g/mol. The van der Waals surface area contributed by atoms with Crippen molar-refractivity contribution >= 4 is 29.2 Å². The molecule has 3 aromatic rings. The molecule has 1 aromatic heterocycles. The third-order valence-corrected chi connectivity index (χ3v) is 4.38. The highest BCUT2D eigenvalue weighted by atomic mass is 35.5. The average Bonchev–Trinajstić information content (AvgIpc) is 2.91. The van der Waals surface area contributed by atoms with Crippen molar-refractivity contribution in [3.05, 3.63) is 70.3 Å². The second-order valence-corrected chi connectivity index (χ2v) is 5.74. The van der Waals surface area contributed by atoms with E-state index in [1.54, 1.807) is 6.07 Å². The molecular weight excluding hydrogens is 317 g/mol. The summed E-state index contributed by atoms with van der Waals surface area (Å²) < 4.78 is 2.02. The summed E-state index contributed by atoms with van der Waals surface area (Å²) in [4.78, 5) is 4.44. The zero-order valence-electron chi connectivity index (χ0n) is 12.1. The van der Waals surface area contributed by atoms with Crippen LogP contribution in [0.3, 0.4) is 0 Å². The topological polar surface area (TPSA) is 29.9 Å². The van der Waals surface area contributed by atoms with Crippen LogP contribution in [0.2, 0.25) is 10.0 Å². The number of anilines is 1. The van der Waals surface area contributed by atoms with Gasteiger partial charge in [-0.1, -0.05) is 65.7 Å². The first kappa shape index (κ1) is 14.9. The van der Waals surface area contributed by atoms with Gasteiger partial charge in [0.1, 0.15) is 0 Å². The standard InChI is InChI=1S/C17H15Cl2N3/c1-22-15(12-6-3-2-4-7-12)11-21-17(22)20-10-13-8-5-9-14(18)16(13)19/h2-9,11H,10H2,1H3,(H,20,21). The van der Waals surface area contributed by atoms with Crippen molar-refractivity contribution in [2.24, 2.45) is 7.05 Å². The minimum absolute atomic E-state index is 0.561. The Kier molecular flexibility index (Phi) is 4.36.